The number of hydrogen-bond donors (Lipinski definition) is 0. The van der Waals surface area contributed by atoms with Gasteiger partial charge in [0.2, 0.25) is 27.6 Å². The lowest BCUT2D eigenvalue weighted by Gasteiger charge is -2.36. The van der Waals surface area contributed by atoms with Crippen LogP contribution in [0, 0.1) is 19.8 Å². The van der Waals surface area contributed by atoms with Gasteiger partial charge < -0.3 is 9.42 Å². The third-order valence-corrected chi connectivity index (χ3v) is 8.77. The molecule has 0 unspecified atom stereocenters. The second-order valence-corrected chi connectivity index (χ2v) is 11.0. The lowest BCUT2D eigenvalue weighted by Crippen LogP contribution is -2.47. The van der Waals surface area contributed by atoms with Crippen LogP contribution in [-0.2, 0) is 27.8 Å². The number of hydrogen-bond acceptors (Lipinski definition) is 6. The largest absolute Gasteiger partial charge is 0.339 e. The van der Waals surface area contributed by atoms with Crippen LogP contribution < -0.4 is 0 Å². The Kier molecular flexibility index (Phi) is 5.99. The maximum absolute atomic E-state index is 13.6. The number of rotatable bonds is 4. The number of aromatic nitrogens is 2. The highest BCUT2D eigenvalue weighted by molar-refractivity contribution is 7.89. The van der Waals surface area contributed by atoms with Gasteiger partial charge in [-0.05, 0) is 48.9 Å². The highest BCUT2D eigenvalue weighted by Gasteiger charge is 2.36. The molecule has 2 aromatic carbocycles. The van der Waals surface area contributed by atoms with E-state index in [-0.39, 0.29) is 23.3 Å². The summed E-state index contributed by atoms with van der Waals surface area (Å²) in [6, 6.07) is 13.3. The first-order chi connectivity index (χ1) is 16.3. The molecule has 3 heterocycles. The molecule has 2 aliphatic heterocycles. The first-order valence-corrected chi connectivity index (χ1v) is 13.0. The van der Waals surface area contributed by atoms with Crippen molar-refractivity contribution in [3.05, 3.63) is 65.0 Å². The molecule has 5 rings (SSSR count). The molecule has 34 heavy (non-hydrogen) atoms. The normalized spacial score (nSPS) is 19.1. The van der Waals surface area contributed by atoms with Crippen LogP contribution in [0.5, 0.6) is 0 Å². The number of amides is 1. The maximum Gasteiger partial charge on any atom is 0.243 e. The van der Waals surface area contributed by atoms with E-state index in [1.165, 1.54) is 15.4 Å². The van der Waals surface area contributed by atoms with Crippen molar-refractivity contribution in [3.8, 4) is 11.4 Å². The lowest BCUT2D eigenvalue weighted by atomic mass is 9.95. The molecule has 178 valence electrons. The first kappa shape index (κ1) is 22.7. The Balaban J connectivity index is 1.36. The standard InChI is InChI=1S/C25H28N4O4S/c1-17-9-10-20(24-26-18(2)33-27-24)14-23(17)34(31,32)29-12-5-8-22(16-29)25(30)28-13-11-19-6-3-4-7-21(19)15-28/h3-4,6-7,9-10,14,22H,5,8,11-13,15-16H2,1-2H3/t22-/m1/s1. The van der Waals surface area contributed by atoms with Gasteiger partial charge in [-0.25, -0.2) is 8.42 Å². The second kappa shape index (κ2) is 8.96. The molecule has 0 bridgehead atoms. The molecule has 1 atom stereocenters. The zero-order chi connectivity index (χ0) is 23.9. The predicted octanol–water partition coefficient (Wildman–Crippen LogP) is 3.34. The van der Waals surface area contributed by atoms with Crippen molar-refractivity contribution in [3.63, 3.8) is 0 Å². The summed E-state index contributed by atoms with van der Waals surface area (Å²) in [5.41, 5.74) is 3.68. The van der Waals surface area contributed by atoms with Gasteiger partial charge in [0.05, 0.1) is 10.8 Å². The fraction of sp³-hybridized carbons (Fsp3) is 0.400. The Bertz CT molecular complexity index is 1330. The molecule has 1 aromatic heterocycles. The minimum Gasteiger partial charge on any atom is -0.339 e. The Labute approximate surface area is 199 Å². The fourth-order valence-electron chi connectivity index (χ4n) is 4.88. The summed E-state index contributed by atoms with van der Waals surface area (Å²) in [5.74, 6) is 0.475. The summed E-state index contributed by atoms with van der Waals surface area (Å²) in [5, 5.41) is 3.91. The number of aryl methyl sites for hydroxylation is 2. The van der Waals surface area contributed by atoms with Crippen LogP contribution in [0.3, 0.4) is 0 Å². The Hall–Kier alpha value is -3.04. The van der Waals surface area contributed by atoms with Crippen LogP contribution in [0.4, 0.5) is 0 Å². The van der Waals surface area contributed by atoms with Gasteiger partial charge in [0.15, 0.2) is 0 Å². The SMILES string of the molecule is Cc1nc(-c2ccc(C)c(S(=O)(=O)N3CCC[C@@H](C(=O)N4CCc5ccccc5C4)C3)c2)no1. The topological polar surface area (TPSA) is 96.6 Å². The molecule has 1 fully saturated rings. The van der Waals surface area contributed by atoms with Gasteiger partial charge in [-0.2, -0.15) is 9.29 Å². The summed E-state index contributed by atoms with van der Waals surface area (Å²) < 4.78 is 33.8. The van der Waals surface area contributed by atoms with Crippen molar-refractivity contribution in [2.45, 2.75) is 44.6 Å². The summed E-state index contributed by atoms with van der Waals surface area (Å²) in [6.45, 7) is 5.32. The van der Waals surface area contributed by atoms with E-state index in [1.54, 1.807) is 32.0 Å². The molecule has 2 aliphatic rings. The summed E-state index contributed by atoms with van der Waals surface area (Å²) in [6.07, 6.45) is 2.19. The number of nitrogens with zero attached hydrogens (tertiary/aromatic N) is 4. The van der Waals surface area contributed by atoms with E-state index in [0.717, 1.165) is 6.42 Å². The van der Waals surface area contributed by atoms with Crippen molar-refractivity contribution < 1.29 is 17.7 Å². The highest BCUT2D eigenvalue weighted by Crippen LogP contribution is 2.30. The van der Waals surface area contributed by atoms with Crippen molar-refractivity contribution in [1.29, 1.82) is 0 Å². The van der Waals surface area contributed by atoms with Gasteiger partial charge >= 0.3 is 0 Å². The number of carbonyl (C=O) groups is 1. The first-order valence-electron chi connectivity index (χ1n) is 11.6. The van der Waals surface area contributed by atoms with Gasteiger partial charge in [0, 0.05) is 38.7 Å². The van der Waals surface area contributed by atoms with Crippen molar-refractivity contribution in [2.24, 2.45) is 5.92 Å². The van der Waals surface area contributed by atoms with Gasteiger partial charge in [0.1, 0.15) is 0 Å². The molecule has 0 N–H and O–H groups in total. The van der Waals surface area contributed by atoms with Gasteiger partial charge in [-0.15, -0.1) is 0 Å². The Morgan fingerprint density at radius 1 is 1.09 bits per heavy atom. The Morgan fingerprint density at radius 2 is 1.88 bits per heavy atom. The average molecular weight is 481 g/mol. The molecular weight excluding hydrogens is 452 g/mol. The van der Waals surface area contributed by atoms with Crippen LogP contribution in [0.15, 0.2) is 51.9 Å². The second-order valence-electron chi connectivity index (χ2n) is 9.10. The minimum atomic E-state index is -3.79. The van der Waals surface area contributed by atoms with Crippen LogP contribution >= 0.6 is 0 Å². The zero-order valence-electron chi connectivity index (χ0n) is 19.4. The van der Waals surface area contributed by atoms with Crippen LogP contribution in [0.25, 0.3) is 11.4 Å². The van der Waals surface area contributed by atoms with E-state index in [2.05, 4.69) is 22.3 Å². The molecule has 3 aromatic rings. The van der Waals surface area contributed by atoms with E-state index in [4.69, 9.17) is 4.52 Å². The third kappa shape index (κ3) is 4.25. The van der Waals surface area contributed by atoms with Gasteiger partial charge in [-0.3, -0.25) is 4.79 Å². The fourth-order valence-corrected chi connectivity index (χ4v) is 6.65. The van der Waals surface area contributed by atoms with E-state index < -0.39 is 10.0 Å². The van der Waals surface area contributed by atoms with E-state index in [0.29, 0.717) is 55.3 Å². The Morgan fingerprint density at radius 3 is 2.65 bits per heavy atom. The zero-order valence-corrected chi connectivity index (χ0v) is 20.2. The predicted molar refractivity (Wildman–Crippen MR) is 126 cm³/mol. The van der Waals surface area contributed by atoms with E-state index in [9.17, 15) is 13.2 Å². The molecule has 8 nitrogen and oxygen atoms in total. The quantitative estimate of drug-likeness (QED) is 0.568. The molecule has 0 radical (unpaired) electrons. The third-order valence-electron chi connectivity index (χ3n) is 6.77. The van der Waals surface area contributed by atoms with E-state index >= 15 is 0 Å². The molecule has 0 spiro atoms. The lowest BCUT2D eigenvalue weighted by molar-refractivity contribution is -0.137. The van der Waals surface area contributed by atoms with Gasteiger partial charge in [0.25, 0.3) is 0 Å². The molecule has 1 saturated heterocycles. The van der Waals surface area contributed by atoms with Gasteiger partial charge in [-0.1, -0.05) is 41.6 Å². The maximum atomic E-state index is 13.6. The van der Waals surface area contributed by atoms with Crippen LogP contribution in [0.1, 0.15) is 35.4 Å². The van der Waals surface area contributed by atoms with E-state index in [1.807, 2.05) is 17.0 Å². The number of sulfonamides is 1. The van der Waals surface area contributed by atoms with Crippen molar-refractivity contribution >= 4 is 15.9 Å². The summed E-state index contributed by atoms with van der Waals surface area (Å²) in [4.78, 5) is 19.7. The van der Waals surface area contributed by atoms with Crippen molar-refractivity contribution in [1.82, 2.24) is 19.3 Å². The number of piperidine rings is 1. The number of fused-ring (bicyclic) bond motifs is 1. The molecule has 0 saturated carbocycles. The minimum absolute atomic E-state index is 0.0437. The highest BCUT2D eigenvalue weighted by atomic mass is 32.2. The summed E-state index contributed by atoms with van der Waals surface area (Å²) in [7, 11) is -3.79. The summed E-state index contributed by atoms with van der Waals surface area (Å²) >= 11 is 0. The number of benzene rings is 2. The monoisotopic (exact) mass is 480 g/mol. The van der Waals surface area contributed by atoms with Crippen molar-refractivity contribution in [2.75, 3.05) is 19.6 Å². The molecule has 1 amide bonds. The smallest absolute Gasteiger partial charge is 0.243 e. The number of carbonyl (C=O) groups excluding carboxylic acids is 1. The molecule has 9 heteroatoms. The molecule has 0 aliphatic carbocycles. The van der Waals surface area contributed by atoms with Crippen LogP contribution in [0.2, 0.25) is 0 Å². The molecular formula is C25H28N4O4S. The average Bonchev–Trinajstić information content (AvgIpc) is 3.29. The van der Waals surface area contributed by atoms with Crippen LogP contribution in [-0.4, -0.2) is 53.3 Å².